The molecule has 2 aliphatic rings. The van der Waals surface area contributed by atoms with Crippen molar-refractivity contribution in [1.82, 2.24) is 39.9 Å². The molecular weight excluding hydrogens is 667 g/mol. The van der Waals surface area contributed by atoms with E-state index < -0.39 is 0 Å². The number of hydrogen-bond donors (Lipinski definition) is 4. The first kappa shape index (κ1) is 31.1. The zero-order valence-corrected chi connectivity index (χ0v) is 28.8. The summed E-state index contributed by atoms with van der Waals surface area (Å²) in [6.07, 6.45) is 0. The monoisotopic (exact) mass is 695 g/mol. The SMILES string of the molecule is CNc1cccc2c1-c1nc-2nc2[n-]c(nc3nc(nc4[n-]c(n1)c1cccc(NC)c41)-c1cccc(NC)c1-3)c1cccc(NC)c21.[O]=[V+2]. The normalized spacial score (nSPS) is 11.4. The molecule has 0 unspecified atom stereocenters. The van der Waals surface area contributed by atoms with E-state index in [1.54, 1.807) is 0 Å². The molecule has 0 aliphatic carbocycles. The molecule has 2 aliphatic heterocycles. The molecule has 0 spiro atoms. The molecule has 0 saturated heterocycles. The second-order valence-electron chi connectivity index (χ2n) is 11.4. The molecular formula is C36H28N12OV. The number of fused-ring (bicyclic) bond motifs is 20. The molecule has 3 aromatic heterocycles. The standard InChI is InChI=1S/C36H28N12.O.V/c1-37-21-13-5-9-17-25(21)33-41-29(17)46-34-27-19(11-7-15-23(27)39-3)31(43-34)48-36-28-20(12-8-16-24(28)40-4)32(44-36)47-35-26-18(30(42-35)45-33)10-6-14-22(26)38-2;;/h5-16,37-40H,1-4H3;;/q-2;;+2. The van der Waals surface area contributed by atoms with E-state index in [1.807, 2.05) is 101 Å². The van der Waals surface area contributed by atoms with E-state index in [2.05, 4.69) is 21.3 Å². The van der Waals surface area contributed by atoms with Crippen LogP contribution in [0.1, 0.15) is 0 Å². The second-order valence-corrected chi connectivity index (χ2v) is 11.4. The summed E-state index contributed by atoms with van der Waals surface area (Å²) in [5, 5.41) is 16.6. The average molecular weight is 696 g/mol. The van der Waals surface area contributed by atoms with Crippen molar-refractivity contribution in [2.45, 2.75) is 0 Å². The van der Waals surface area contributed by atoms with Crippen LogP contribution in [-0.2, 0) is 21.0 Å². The van der Waals surface area contributed by atoms with E-state index >= 15 is 0 Å². The Morgan fingerprint density at radius 2 is 0.800 bits per heavy atom. The second kappa shape index (κ2) is 12.4. The van der Waals surface area contributed by atoms with Crippen LogP contribution in [0.5, 0.6) is 0 Å². The Morgan fingerprint density at radius 1 is 0.440 bits per heavy atom. The molecule has 0 saturated carbocycles. The van der Waals surface area contributed by atoms with Gasteiger partial charge in [0.1, 0.15) is 0 Å². The Morgan fingerprint density at radius 3 is 1.20 bits per heavy atom. The van der Waals surface area contributed by atoms with E-state index in [-0.39, 0.29) is 0 Å². The van der Waals surface area contributed by atoms with Crippen molar-refractivity contribution in [3.8, 4) is 45.6 Å². The van der Waals surface area contributed by atoms with Crippen LogP contribution in [0.4, 0.5) is 22.7 Å². The number of nitrogens with zero attached hydrogens (tertiary/aromatic N) is 8. The molecule has 14 heteroatoms. The fourth-order valence-electron chi connectivity index (χ4n) is 6.68. The summed E-state index contributed by atoms with van der Waals surface area (Å²) in [5.74, 6) is 1.99. The Labute approximate surface area is 294 Å². The number of hydrogen-bond acceptors (Lipinski definition) is 11. The fraction of sp³-hybridized carbons (Fsp3) is 0.111. The molecule has 50 heavy (non-hydrogen) atoms. The van der Waals surface area contributed by atoms with Gasteiger partial charge < -0.3 is 51.2 Å². The minimum atomic E-state index is 0.494. The summed E-state index contributed by atoms with van der Waals surface area (Å²) in [7, 11) is 7.53. The summed E-state index contributed by atoms with van der Waals surface area (Å²) in [5.41, 5.74) is 8.84. The Kier molecular flexibility index (Phi) is 7.70. The van der Waals surface area contributed by atoms with Gasteiger partial charge in [-0.05, 0) is 35.0 Å². The van der Waals surface area contributed by atoms with Gasteiger partial charge in [0.15, 0.2) is 0 Å². The third kappa shape index (κ3) is 4.70. The third-order valence-corrected chi connectivity index (χ3v) is 8.89. The van der Waals surface area contributed by atoms with Crippen molar-refractivity contribution in [2.24, 2.45) is 0 Å². The van der Waals surface area contributed by atoms with Gasteiger partial charge in [-0.25, -0.2) is 9.97 Å². The van der Waals surface area contributed by atoms with Crippen LogP contribution in [0.15, 0.2) is 72.8 Å². The van der Waals surface area contributed by atoms with Gasteiger partial charge in [0.25, 0.3) is 0 Å². The van der Waals surface area contributed by atoms with Gasteiger partial charge in [-0.2, -0.15) is 0 Å². The zero-order chi connectivity index (χ0) is 34.5. The van der Waals surface area contributed by atoms with Gasteiger partial charge in [0, 0.05) is 107 Å². The minimum absolute atomic E-state index is 0.494. The third-order valence-electron chi connectivity index (χ3n) is 8.89. The number of benzene rings is 4. The van der Waals surface area contributed by atoms with Gasteiger partial charge >= 0.3 is 21.0 Å². The van der Waals surface area contributed by atoms with Crippen LogP contribution in [0.3, 0.4) is 0 Å². The number of aromatic nitrogens is 8. The van der Waals surface area contributed by atoms with Crippen molar-refractivity contribution in [3.63, 3.8) is 0 Å². The van der Waals surface area contributed by atoms with Crippen molar-refractivity contribution in [3.05, 3.63) is 72.8 Å². The van der Waals surface area contributed by atoms with Crippen LogP contribution >= 0.6 is 0 Å². The fourth-order valence-corrected chi connectivity index (χ4v) is 6.68. The van der Waals surface area contributed by atoms with E-state index in [4.69, 9.17) is 43.5 Å². The first-order valence-corrected chi connectivity index (χ1v) is 16.3. The van der Waals surface area contributed by atoms with E-state index in [9.17, 15) is 0 Å². The number of nitrogens with one attached hydrogen (secondary N) is 4. The van der Waals surface area contributed by atoms with Gasteiger partial charge in [0.2, 0.25) is 0 Å². The van der Waals surface area contributed by atoms with Crippen molar-refractivity contribution in [1.29, 1.82) is 0 Å². The van der Waals surface area contributed by atoms with E-state index in [0.717, 1.165) is 83.9 Å². The number of anilines is 4. The molecule has 7 aromatic rings. The Hall–Kier alpha value is -6.18. The van der Waals surface area contributed by atoms with Gasteiger partial charge in [-0.3, -0.25) is 0 Å². The first-order valence-electron chi connectivity index (χ1n) is 15.7. The maximum absolute atomic E-state index is 8.19. The molecule has 8 bridgehead atoms. The average Bonchev–Trinajstić information content (AvgIpc) is 3.91. The van der Waals surface area contributed by atoms with Gasteiger partial charge in [0.05, 0.1) is 23.3 Å². The number of rotatable bonds is 4. The molecule has 0 amide bonds. The molecule has 0 atom stereocenters. The molecule has 0 radical (unpaired) electrons. The van der Waals surface area contributed by atoms with Crippen LogP contribution in [-0.4, -0.2) is 58.1 Å². The van der Waals surface area contributed by atoms with Crippen LogP contribution in [0.25, 0.3) is 89.7 Å². The topological polar surface area (TPSA) is 171 Å². The van der Waals surface area contributed by atoms with E-state index in [1.165, 1.54) is 0 Å². The van der Waals surface area contributed by atoms with Gasteiger partial charge in [-0.1, -0.05) is 48.5 Å². The summed E-state index contributed by atoms with van der Waals surface area (Å²) in [4.78, 5) is 40.5. The quantitative estimate of drug-likeness (QED) is 0.165. The molecule has 243 valence electrons. The molecule has 0 fully saturated rings. The van der Waals surface area contributed by atoms with Crippen LogP contribution < -0.4 is 31.2 Å². The Bertz CT molecular complexity index is 2490. The van der Waals surface area contributed by atoms with E-state index in [0.29, 0.717) is 45.9 Å². The molecule has 4 aromatic carbocycles. The maximum atomic E-state index is 8.19. The summed E-state index contributed by atoms with van der Waals surface area (Å²) < 4.78 is 8.19. The van der Waals surface area contributed by atoms with Gasteiger partial charge in [-0.15, -0.1) is 0 Å². The molecule has 5 heterocycles. The van der Waals surface area contributed by atoms with Crippen LogP contribution in [0.2, 0.25) is 0 Å². The van der Waals surface area contributed by atoms with Crippen molar-refractivity contribution >= 4 is 66.9 Å². The Balaban J connectivity index is 0.00000177. The molecule has 4 N–H and O–H groups in total. The van der Waals surface area contributed by atoms with Crippen molar-refractivity contribution < 1.29 is 21.0 Å². The first-order chi connectivity index (χ1) is 24.6. The summed E-state index contributed by atoms with van der Waals surface area (Å²) in [6, 6.07) is 23.9. The predicted octanol–water partition coefficient (Wildman–Crippen LogP) is 6.17. The summed E-state index contributed by atoms with van der Waals surface area (Å²) in [6.45, 7) is 0. The molecule has 9 rings (SSSR count). The zero-order valence-electron chi connectivity index (χ0n) is 27.4. The van der Waals surface area contributed by atoms with Crippen LogP contribution in [0, 0.1) is 0 Å². The summed E-state index contributed by atoms with van der Waals surface area (Å²) >= 11 is 1.06. The predicted molar refractivity (Wildman–Crippen MR) is 193 cm³/mol. The van der Waals surface area contributed by atoms with Crippen molar-refractivity contribution in [2.75, 3.05) is 49.5 Å². The molecule has 13 nitrogen and oxygen atoms in total.